The maximum Gasteiger partial charge on any atom is 0.260 e. The van der Waals surface area contributed by atoms with Crippen LogP contribution >= 0.6 is 0 Å². The Labute approximate surface area is 147 Å². The molecular weight excluding hydrogens is 318 g/mol. The van der Waals surface area contributed by atoms with Gasteiger partial charge in [-0.25, -0.2) is 4.98 Å². The van der Waals surface area contributed by atoms with E-state index in [0.29, 0.717) is 18.8 Å². The van der Waals surface area contributed by atoms with E-state index >= 15 is 0 Å². The number of aryl methyl sites for hydroxylation is 2. The quantitative estimate of drug-likeness (QED) is 0.835. The summed E-state index contributed by atoms with van der Waals surface area (Å²) in [5.74, 6) is 0.491. The van der Waals surface area contributed by atoms with Gasteiger partial charge in [-0.3, -0.25) is 14.2 Å². The Balaban J connectivity index is 1.87. The minimum atomic E-state index is -0.613. The van der Waals surface area contributed by atoms with Crippen LogP contribution in [-0.4, -0.2) is 28.1 Å². The van der Waals surface area contributed by atoms with Gasteiger partial charge >= 0.3 is 0 Å². The van der Waals surface area contributed by atoms with Crippen molar-refractivity contribution >= 4 is 5.91 Å². The zero-order valence-electron chi connectivity index (χ0n) is 15.2. The van der Waals surface area contributed by atoms with Gasteiger partial charge in [-0.2, -0.15) is 0 Å². The van der Waals surface area contributed by atoms with Gasteiger partial charge in [0.2, 0.25) is 0 Å². The summed E-state index contributed by atoms with van der Waals surface area (Å²) in [6.45, 7) is 8.34. The second-order valence-corrected chi connectivity index (χ2v) is 6.01. The molecule has 0 saturated carbocycles. The normalized spacial score (nSPS) is 11.8. The Morgan fingerprint density at radius 2 is 2.12 bits per heavy atom. The number of nitrogens with zero attached hydrogens (tertiary/aromatic N) is 2. The summed E-state index contributed by atoms with van der Waals surface area (Å²) in [5, 5.41) is 2.79. The summed E-state index contributed by atoms with van der Waals surface area (Å²) in [5.41, 5.74) is 2.80. The molecular formula is C19H25N3O3. The lowest BCUT2D eigenvalue weighted by Crippen LogP contribution is -2.39. The van der Waals surface area contributed by atoms with Gasteiger partial charge in [0.25, 0.3) is 11.5 Å². The fourth-order valence-electron chi connectivity index (χ4n) is 2.36. The molecule has 6 nitrogen and oxygen atoms in total. The number of rotatable bonds is 7. The second kappa shape index (κ2) is 8.46. The molecule has 134 valence electrons. The SMILES string of the molecule is CCc1cc(=O)n(CCNC(=O)C(C)Oc2cccc(C)c2C)cn1. The predicted molar refractivity (Wildman–Crippen MR) is 96.9 cm³/mol. The number of benzene rings is 1. The minimum Gasteiger partial charge on any atom is -0.481 e. The van der Waals surface area contributed by atoms with E-state index in [2.05, 4.69) is 10.3 Å². The Morgan fingerprint density at radius 1 is 1.36 bits per heavy atom. The molecule has 1 N–H and O–H groups in total. The van der Waals surface area contributed by atoms with Crippen LogP contribution in [0.2, 0.25) is 0 Å². The molecule has 1 aromatic carbocycles. The number of carbonyl (C=O) groups excluding carboxylic acids is 1. The molecule has 2 rings (SSSR count). The maximum atomic E-state index is 12.2. The number of amides is 1. The van der Waals surface area contributed by atoms with E-state index in [0.717, 1.165) is 23.2 Å². The molecule has 0 fully saturated rings. The Bertz CT molecular complexity index is 799. The van der Waals surface area contributed by atoms with Gasteiger partial charge in [-0.1, -0.05) is 19.1 Å². The smallest absolute Gasteiger partial charge is 0.260 e. The fourth-order valence-corrected chi connectivity index (χ4v) is 2.36. The fraction of sp³-hybridized carbons (Fsp3) is 0.421. The summed E-state index contributed by atoms with van der Waals surface area (Å²) in [6, 6.07) is 7.28. The number of aromatic nitrogens is 2. The molecule has 0 aliphatic heterocycles. The van der Waals surface area contributed by atoms with Crippen LogP contribution in [0.5, 0.6) is 5.75 Å². The van der Waals surface area contributed by atoms with Crippen molar-refractivity contribution in [3.8, 4) is 5.75 Å². The van der Waals surface area contributed by atoms with Gasteiger partial charge in [-0.15, -0.1) is 0 Å². The highest BCUT2D eigenvalue weighted by molar-refractivity contribution is 5.80. The molecule has 0 saturated heterocycles. The van der Waals surface area contributed by atoms with Crippen LogP contribution in [0.4, 0.5) is 0 Å². The predicted octanol–water partition coefficient (Wildman–Crippen LogP) is 2.01. The molecule has 0 aliphatic carbocycles. The molecule has 1 amide bonds. The standard InChI is InChI=1S/C19H25N3O3/c1-5-16-11-18(23)22(12-21-16)10-9-20-19(24)15(4)25-17-8-6-7-13(2)14(17)3/h6-8,11-12,15H,5,9-10H2,1-4H3,(H,20,24). The van der Waals surface area contributed by atoms with Crippen molar-refractivity contribution in [3.63, 3.8) is 0 Å². The van der Waals surface area contributed by atoms with Crippen molar-refractivity contribution in [2.24, 2.45) is 0 Å². The average Bonchev–Trinajstić information content (AvgIpc) is 2.60. The topological polar surface area (TPSA) is 73.2 Å². The molecule has 1 atom stereocenters. The Hall–Kier alpha value is -2.63. The van der Waals surface area contributed by atoms with Crippen LogP contribution in [0.3, 0.4) is 0 Å². The van der Waals surface area contributed by atoms with Crippen LogP contribution in [-0.2, 0) is 17.8 Å². The largest absolute Gasteiger partial charge is 0.481 e. The average molecular weight is 343 g/mol. The summed E-state index contributed by atoms with van der Waals surface area (Å²) in [7, 11) is 0. The van der Waals surface area contributed by atoms with Crippen molar-refractivity contribution in [1.29, 1.82) is 0 Å². The number of hydrogen-bond donors (Lipinski definition) is 1. The van der Waals surface area contributed by atoms with Gasteiger partial charge in [0.1, 0.15) is 5.75 Å². The first-order valence-corrected chi connectivity index (χ1v) is 8.48. The first-order chi connectivity index (χ1) is 11.9. The molecule has 1 heterocycles. The lowest BCUT2D eigenvalue weighted by molar-refractivity contribution is -0.127. The van der Waals surface area contributed by atoms with Gasteiger partial charge in [0, 0.05) is 24.8 Å². The van der Waals surface area contributed by atoms with Gasteiger partial charge in [-0.05, 0) is 44.4 Å². The molecule has 0 spiro atoms. The zero-order chi connectivity index (χ0) is 18.4. The van der Waals surface area contributed by atoms with Crippen LogP contribution < -0.4 is 15.6 Å². The molecule has 2 aromatic rings. The number of nitrogens with one attached hydrogen (secondary N) is 1. The minimum absolute atomic E-state index is 0.110. The van der Waals surface area contributed by atoms with Crippen molar-refractivity contribution in [2.45, 2.75) is 46.8 Å². The molecule has 0 aliphatic rings. The van der Waals surface area contributed by atoms with Crippen LogP contribution in [0.25, 0.3) is 0 Å². The second-order valence-electron chi connectivity index (χ2n) is 6.01. The van der Waals surface area contributed by atoms with Gasteiger partial charge in [0.15, 0.2) is 6.10 Å². The Morgan fingerprint density at radius 3 is 2.80 bits per heavy atom. The van der Waals surface area contributed by atoms with E-state index in [4.69, 9.17) is 4.74 Å². The third kappa shape index (κ3) is 4.92. The number of ether oxygens (including phenoxy) is 1. The van der Waals surface area contributed by atoms with Crippen molar-refractivity contribution in [3.05, 3.63) is 57.8 Å². The molecule has 1 unspecified atom stereocenters. The van der Waals surface area contributed by atoms with Crippen LogP contribution in [0, 0.1) is 13.8 Å². The molecule has 0 bridgehead atoms. The first-order valence-electron chi connectivity index (χ1n) is 8.48. The highest BCUT2D eigenvalue weighted by Crippen LogP contribution is 2.21. The van der Waals surface area contributed by atoms with E-state index < -0.39 is 6.10 Å². The summed E-state index contributed by atoms with van der Waals surface area (Å²) >= 11 is 0. The monoisotopic (exact) mass is 343 g/mol. The third-order valence-electron chi connectivity index (χ3n) is 4.18. The van der Waals surface area contributed by atoms with E-state index in [-0.39, 0.29) is 11.5 Å². The summed E-state index contributed by atoms with van der Waals surface area (Å²) < 4.78 is 7.23. The number of carbonyl (C=O) groups is 1. The van der Waals surface area contributed by atoms with E-state index in [1.165, 1.54) is 17.0 Å². The molecule has 6 heteroatoms. The lowest BCUT2D eigenvalue weighted by atomic mass is 10.1. The Kier molecular flexibility index (Phi) is 6.33. The highest BCUT2D eigenvalue weighted by atomic mass is 16.5. The maximum absolute atomic E-state index is 12.2. The molecule has 25 heavy (non-hydrogen) atoms. The summed E-state index contributed by atoms with van der Waals surface area (Å²) in [4.78, 5) is 28.3. The van der Waals surface area contributed by atoms with Crippen molar-refractivity contribution in [2.75, 3.05) is 6.54 Å². The molecule has 1 aromatic heterocycles. The number of hydrogen-bond acceptors (Lipinski definition) is 4. The van der Waals surface area contributed by atoms with Crippen LogP contribution in [0.15, 0.2) is 35.4 Å². The van der Waals surface area contributed by atoms with Crippen molar-refractivity contribution < 1.29 is 9.53 Å². The zero-order valence-corrected chi connectivity index (χ0v) is 15.2. The van der Waals surface area contributed by atoms with E-state index in [1.54, 1.807) is 6.92 Å². The van der Waals surface area contributed by atoms with E-state index in [1.807, 2.05) is 39.0 Å². The van der Waals surface area contributed by atoms with Crippen LogP contribution in [0.1, 0.15) is 30.7 Å². The molecule has 0 radical (unpaired) electrons. The van der Waals surface area contributed by atoms with Crippen molar-refractivity contribution in [1.82, 2.24) is 14.9 Å². The van der Waals surface area contributed by atoms with Gasteiger partial charge in [0.05, 0.1) is 6.33 Å². The summed E-state index contributed by atoms with van der Waals surface area (Å²) in [6.07, 6.45) is 1.63. The third-order valence-corrected chi connectivity index (χ3v) is 4.18. The lowest BCUT2D eigenvalue weighted by Gasteiger charge is -2.17. The highest BCUT2D eigenvalue weighted by Gasteiger charge is 2.15. The first kappa shape index (κ1) is 18.7. The van der Waals surface area contributed by atoms with Gasteiger partial charge < -0.3 is 10.1 Å². The van der Waals surface area contributed by atoms with E-state index in [9.17, 15) is 9.59 Å².